The summed E-state index contributed by atoms with van der Waals surface area (Å²) in [4.78, 5) is 16.7. The van der Waals surface area contributed by atoms with Gasteiger partial charge in [-0.1, -0.05) is 6.07 Å². The van der Waals surface area contributed by atoms with Gasteiger partial charge in [-0.15, -0.1) is 0 Å². The molecule has 0 amide bonds. The van der Waals surface area contributed by atoms with Gasteiger partial charge in [-0.05, 0) is 30.5 Å². The number of nitrogens with two attached hydrogens (primary N) is 1. The number of hydrogen-bond acceptors (Lipinski definition) is 5. The molecule has 1 aliphatic carbocycles. The summed E-state index contributed by atoms with van der Waals surface area (Å²) in [6.45, 7) is 0. The molecule has 13 heteroatoms. The second-order valence-corrected chi connectivity index (χ2v) is 7.53. The molecule has 32 heavy (non-hydrogen) atoms. The van der Waals surface area contributed by atoms with E-state index in [4.69, 9.17) is 11.0 Å². The van der Waals surface area contributed by atoms with Crippen molar-refractivity contribution in [2.24, 2.45) is 12.8 Å². The Kier molecular flexibility index (Phi) is 4.63. The van der Waals surface area contributed by atoms with Gasteiger partial charge in [-0.3, -0.25) is 14.0 Å². The van der Waals surface area contributed by atoms with Gasteiger partial charge in [0.1, 0.15) is 5.52 Å². The first-order chi connectivity index (χ1) is 14.8. The molecule has 1 aliphatic rings. The van der Waals surface area contributed by atoms with Crippen LogP contribution in [-0.2, 0) is 18.8 Å². The minimum absolute atomic E-state index is 0.108. The molecule has 0 unspecified atom stereocenters. The fourth-order valence-corrected chi connectivity index (χ4v) is 3.69. The number of fused-ring (bicyclic) bond motifs is 1. The molecule has 4 rings (SSSR count). The fraction of sp³-hybridized carbons (Fsp3) is 0.368. The maximum Gasteiger partial charge on any atom is 0.417 e. The Morgan fingerprint density at radius 3 is 2.34 bits per heavy atom. The lowest BCUT2D eigenvalue weighted by molar-refractivity contribution is -0.178. The number of nitrogens with zero attached hydrogens (tertiary/aromatic N) is 5. The standard InChI is InChI=1S/C19H14F6N6O/c1-30-15(13-14(29-30)16(32)31(8-28-13)11-3-4-11)17(27,19(23,24)25)10-2-5-12(18(20,21)22)9(6-10)7-26/h2,5-6,8,11H,3-4,27H2,1H3/t17-/m0/s1. The molecule has 1 atom stereocenters. The summed E-state index contributed by atoms with van der Waals surface area (Å²) in [6, 6.07) is 2.53. The van der Waals surface area contributed by atoms with Crippen LogP contribution in [0.25, 0.3) is 11.0 Å². The molecule has 1 saturated carbocycles. The largest absolute Gasteiger partial charge is 0.417 e. The van der Waals surface area contributed by atoms with Crippen LogP contribution < -0.4 is 11.3 Å². The smallest absolute Gasteiger partial charge is 0.309 e. The van der Waals surface area contributed by atoms with E-state index in [1.807, 2.05) is 0 Å². The third-order valence-electron chi connectivity index (χ3n) is 5.43. The Labute approximate surface area is 175 Å². The van der Waals surface area contributed by atoms with Crippen LogP contribution in [0.2, 0.25) is 0 Å². The summed E-state index contributed by atoms with van der Waals surface area (Å²) < 4.78 is 84.5. The van der Waals surface area contributed by atoms with Crippen molar-refractivity contribution in [2.45, 2.75) is 36.8 Å². The van der Waals surface area contributed by atoms with Gasteiger partial charge in [0.25, 0.3) is 5.56 Å². The first kappa shape index (κ1) is 21.8. The van der Waals surface area contributed by atoms with E-state index in [1.54, 1.807) is 0 Å². The lowest BCUT2D eigenvalue weighted by Gasteiger charge is -2.32. The van der Waals surface area contributed by atoms with Crippen LogP contribution in [0.1, 0.15) is 41.3 Å². The van der Waals surface area contributed by atoms with Crippen LogP contribution in [-0.4, -0.2) is 25.5 Å². The number of nitriles is 1. The first-order valence-corrected chi connectivity index (χ1v) is 9.22. The van der Waals surface area contributed by atoms with Crippen molar-refractivity contribution in [2.75, 3.05) is 0 Å². The SMILES string of the molecule is Cn1nc2c(=O)n(C3CC3)cnc2c1[C@@](N)(c1ccc(C(F)(F)F)c(C#N)c1)C(F)(F)F. The van der Waals surface area contributed by atoms with Crippen molar-refractivity contribution in [1.29, 1.82) is 5.26 Å². The molecule has 2 aromatic heterocycles. The molecule has 3 aromatic rings. The predicted octanol–water partition coefficient (Wildman–Crippen LogP) is 3.12. The van der Waals surface area contributed by atoms with Gasteiger partial charge in [0.2, 0.25) is 0 Å². The zero-order valence-electron chi connectivity index (χ0n) is 16.3. The molecule has 7 nitrogen and oxygen atoms in total. The van der Waals surface area contributed by atoms with Crippen LogP contribution in [0.5, 0.6) is 0 Å². The van der Waals surface area contributed by atoms with Crippen molar-refractivity contribution in [3.05, 3.63) is 57.3 Å². The Hall–Kier alpha value is -3.40. The summed E-state index contributed by atoms with van der Waals surface area (Å²) in [6.07, 6.45) is -7.64. The number of alkyl halides is 6. The number of benzene rings is 1. The maximum absolute atomic E-state index is 14.4. The zero-order chi connectivity index (χ0) is 23.6. The van der Waals surface area contributed by atoms with Crippen LogP contribution in [0.3, 0.4) is 0 Å². The minimum atomic E-state index is -5.24. The topological polar surface area (TPSA) is 103 Å². The molecule has 1 fully saturated rings. The normalized spacial score (nSPS) is 16.7. The molecule has 0 bridgehead atoms. The van der Waals surface area contributed by atoms with E-state index in [1.165, 1.54) is 10.6 Å². The van der Waals surface area contributed by atoms with Crippen molar-refractivity contribution in [3.8, 4) is 6.07 Å². The Bertz CT molecular complexity index is 1330. The van der Waals surface area contributed by atoms with Gasteiger partial charge in [0, 0.05) is 13.1 Å². The van der Waals surface area contributed by atoms with Gasteiger partial charge in [0.15, 0.2) is 11.1 Å². The van der Waals surface area contributed by atoms with Gasteiger partial charge >= 0.3 is 12.4 Å². The Morgan fingerprint density at radius 1 is 1.16 bits per heavy atom. The van der Waals surface area contributed by atoms with Crippen LogP contribution in [0.15, 0.2) is 29.3 Å². The second-order valence-electron chi connectivity index (χ2n) is 7.53. The molecule has 168 valence electrons. The summed E-state index contributed by atoms with van der Waals surface area (Å²) >= 11 is 0. The highest BCUT2D eigenvalue weighted by atomic mass is 19.4. The van der Waals surface area contributed by atoms with E-state index in [9.17, 15) is 31.1 Å². The molecule has 0 aliphatic heterocycles. The summed E-state index contributed by atoms with van der Waals surface area (Å²) in [5, 5.41) is 13.0. The highest BCUT2D eigenvalue weighted by Gasteiger charge is 2.58. The van der Waals surface area contributed by atoms with Gasteiger partial charge in [0.05, 0.1) is 29.2 Å². The van der Waals surface area contributed by atoms with Crippen LogP contribution in [0.4, 0.5) is 26.3 Å². The van der Waals surface area contributed by atoms with Crippen LogP contribution in [0, 0.1) is 11.3 Å². The second kappa shape index (κ2) is 6.80. The molecule has 0 saturated heterocycles. The van der Waals surface area contributed by atoms with E-state index < -0.39 is 51.4 Å². The molecule has 2 heterocycles. The van der Waals surface area contributed by atoms with Crippen molar-refractivity contribution >= 4 is 11.0 Å². The average Bonchev–Trinajstić information content (AvgIpc) is 3.47. The molecule has 1 aromatic carbocycles. The number of aryl methyl sites for hydroxylation is 1. The number of hydrogen-bond donors (Lipinski definition) is 1. The summed E-state index contributed by atoms with van der Waals surface area (Å²) in [7, 11) is 1.13. The molecule has 0 radical (unpaired) electrons. The lowest BCUT2D eigenvalue weighted by atomic mass is 9.84. The number of halogens is 6. The van der Waals surface area contributed by atoms with E-state index in [0.717, 1.165) is 30.9 Å². The highest BCUT2D eigenvalue weighted by Crippen LogP contribution is 2.45. The highest BCUT2D eigenvalue weighted by molar-refractivity contribution is 5.78. The van der Waals surface area contributed by atoms with Gasteiger partial charge < -0.3 is 5.73 Å². The van der Waals surface area contributed by atoms with E-state index >= 15 is 0 Å². The lowest BCUT2D eigenvalue weighted by Crippen LogP contribution is -2.52. The fourth-order valence-electron chi connectivity index (χ4n) is 3.69. The summed E-state index contributed by atoms with van der Waals surface area (Å²) in [5.41, 5.74) is -2.95. The Morgan fingerprint density at radius 2 is 1.81 bits per heavy atom. The molecular weight excluding hydrogens is 442 g/mol. The summed E-state index contributed by atoms with van der Waals surface area (Å²) in [5.74, 6) is 0. The average molecular weight is 456 g/mol. The van der Waals surface area contributed by atoms with Crippen molar-refractivity contribution in [3.63, 3.8) is 0 Å². The third-order valence-corrected chi connectivity index (χ3v) is 5.43. The van der Waals surface area contributed by atoms with Gasteiger partial charge in [-0.2, -0.15) is 36.7 Å². The monoisotopic (exact) mass is 456 g/mol. The Balaban J connectivity index is 2.01. The van der Waals surface area contributed by atoms with Crippen molar-refractivity contribution in [1.82, 2.24) is 19.3 Å². The third kappa shape index (κ3) is 3.13. The zero-order valence-corrected chi connectivity index (χ0v) is 16.3. The maximum atomic E-state index is 14.4. The molecule has 0 spiro atoms. The first-order valence-electron chi connectivity index (χ1n) is 9.22. The van der Waals surface area contributed by atoms with E-state index in [2.05, 4.69) is 10.1 Å². The van der Waals surface area contributed by atoms with E-state index in [-0.39, 0.29) is 11.6 Å². The minimum Gasteiger partial charge on any atom is -0.309 e. The molecule has 2 N–H and O–H groups in total. The van der Waals surface area contributed by atoms with Gasteiger partial charge in [-0.25, -0.2) is 4.98 Å². The predicted molar refractivity (Wildman–Crippen MR) is 98.2 cm³/mol. The number of rotatable bonds is 3. The number of aromatic nitrogens is 4. The van der Waals surface area contributed by atoms with Crippen molar-refractivity contribution < 1.29 is 26.3 Å². The van der Waals surface area contributed by atoms with E-state index in [0.29, 0.717) is 18.2 Å². The van der Waals surface area contributed by atoms with Crippen LogP contribution >= 0.6 is 0 Å². The molecular formula is C19H14F6N6O. The quantitative estimate of drug-likeness (QED) is 0.611.